The summed E-state index contributed by atoms with van der Waals surface area (Å²) in [6.07, 6.45) is 1.02. The van der Waals surface area contributed by atoms with Crippen molar-refractivity contribution >= 4 is 17.9 Å². The first kappa shape index (κ1) is 16.7. The van der Waals surface area contributed by atoms with Crippen molar-refractivity contribution < 1.29 is 18.7 Å². The van der Waals surface area contributed by atoms with Gasteiger partial charge in [0, 0.05) is 12.0 Å². The number of amides is 1. The SMILES string of the molecule is CC(C)CCC(=O)OCC(=O)Nc1nnc(-c2ccccc2)o1. The maximum absolute atomic E-state index is 11.7. The number of aromatic nitrogens is 2. The Kier molecular flexibility index (Phi) is 5.85. The van der Waals surface area contributed by atoms with Crippen molar-refractivity contribution in [1.82, 2.24) is 10.2 Å². The van der Waals surface area contributed by atoms with Gasteiger partial charge in [0.05, 0.1) is 0 Å². The number of benzene rings is 1. The average Bonchev–Trinajstić information content (AvgIpc) is 3.00. The van der Waals surface area contributed by atoms with Crippen LogP contribution < -0.4 is 5.32 Å². The molecule has 7 heteroatoms. The van der Waals surface area contributed by atoms with E-state index in [1.807, 2.05) is 44.2 Å². The number of hydrogen-bond acceptors (Lipinski definition) is 6. The lowest BCUT2D eigenvalue weighted by atomic mass is 10.1. The highest BCUT2D eigenvalue weighted by molar-refractivity contribution is 5.90. The quantitative estimate of drug-likeness (QED) is 0.789. The molecule has 0 aliphatic heterocycles. The fourth-order valence-electron chi connectivity index (χ4n) is 1.75. The van der Waals surface area contributed by atoms with Crippen molar-refractivity contribution in [2.75, 3.05) is 11.9 Å². The topological polar surface area (TPSA) is 94.3 Å². The number of nitrogens with zero attached hydrogens (tertiary/aromatic N) is 2. The Morgan fingerprint density at radius 3 is 2.65 bits per heavy atom. The Balaban J connectivity index is 1.80. The molecule has 1 heterocycles. The molecule has 0 unspecified atom stereocenters. The molecular weight excluding hydrogens is 298 g/mol. The van der Waals surface area contributed by atoms with Crippen molar-refractivity contribution in [2.24, 2.45) is 5.92 Å². The Morgan fingerprint density at radius 1 is 1.22 bits per heavy atom. The zero-order valence-electron chi connectivity index (χ0n) is 13.1. The normalized spacial score (nSPS) is 10.6. The highest BCUT2D eigenvalue weighted by atomic mass is 16.5. The molecule has 23 heavy (non-hydrogen) atoms. The van der Waals surface area contributed by atoms with Gasteiger partial charge in [-0.25, -0.2) is 0 Å². The van der Waals surface area contributed by atoms with Gasteiger partial charge in [0.15, 0.2) is 6.61 Å². The number of anilines is 1. The van der Waals surface area contributed by atoms with Gasteiger partial charge in [-0.2, -0.15) is 0 Å². The number of carbonyl (C=O) groups excluding carboxylic acids is 2. The lowest BCUT2D eigenvalue weighted by molar-refractivity contribution is -0.147. The summed E-state index contributed by atoms with van der Waals surface area (Å²) in [4.78, 5) is 23.1. The summed E-state index contributed by atoms with van der Waals surface area (Å²) in [6, 6.07) is 9.15. The highest BCUT2D eigenvalue weighted by Crippen LogP contribution is 2.18. The molecule has 1 aromatic heterocycles. The van der Waals surface area contributed by atoms with E-state index in [0.717, 1.165) is 12.0 Å². The average molecular weight is 317 g/mol. The van der Waals surface area contributed by atoms with Gasteiger partial charge in [-0.1, -0.05) is 37.1 Å². The monoisotopic (exact) mass is 317 g/mol. The van der Waals surface area contributed by atoms with Crippen molar-refractivity contribution in [3.05, 3.63) is 30.3 Å². The molecule has 0 bridgehead atoms. The second kappa shape index (κ2) is 8.07. The summed E-state index contributed by atoms with van der Waals surface area (Å²) in [6.45, 7) is 3.65. The maximum Gasteiger partial charge on any atom is 0.322 e. The summed E-state index contributed by atoms with van der Waals surface area (Å²) >= 11 is 0. The van der Waals surface area contributed by atoms with Crippen molar-refractivity contribution in [3.63, 3.8) is 0 Å². The number of carbonyl (C=O) groups is 2. The van der Waals surface area contributed by atoms with Gasteiger partial charge in [0.1, 0.15) is 0 Å². The van der Waals surface area contributed by atoms with Gasteiger partial charge in [0.25, 0.3) is 5.91 Å². The van der Waals surface area contributed by atoms with Crippen LogP contribution in [0.25, 0.3) is 11.5 Å². The van der Waals surface area contributed by atoms with E-state index in [2.05, 4.69) is 15.5 Å². The molecule has 0 radical (unpaired) electrons. The Morgan fingerprint density at radius 2 is 1.96 bits per heavy atom. The molecule has 0 fully saturated rings. The molecular formula is C16H19N3O4. The molecule has 122 valence electrons. The first-order valence-electron chi connectivity index (χ1n) is 7.39. The summed E-state index contributed by atoms with van der Waals surface area (Å²) < 4.78 is 10.2. The summed E-state index contributed by atoms with van der Waals surface area (Å²) in [5, 5.41) is 9.97. The standard InChI is InChI=1S/C16H19N3O4/c1-11(2)8-9-14(21)22-10-13(20)17-16-19-18-15(23-16)12-6-4-3-5-7-12/h3-7,11H,8-10H2,1-2H3,(H,17,19,20). The minimum Gasteiger partial charge on any atom is -0.456 e. The van der Waals surface area contributed by atoms with Crippen LogP contribution in [0.2, 0.25) is 0 Å². The second-order valence-electron chi connectivity index (χ2n) is 5.42. The van der Waals surface area contributed by atoms with Gasteiger partial charge in [-0.3, -0.25) is 14.9 Å². The summed E-state index contributed by atoms with van der Waals surface area (Å²) in [5.41, 5.74) is 0.751. The first-order chi connectivity index (χ1) is 11.0. The van der Waals surface area contributed by atoms with Gasteiger partial charge in [-0.05, 0) is 24.5 Å². The van der Waals surface area contributed by atoms with Crippen LogP contribution >= 0.6 is 0 Å². The van der Waals surface area contributed by atoms with Crippen LogP contribution in [0.1, 0.15) is 26.7 Å². The fourth-order valence-corrected chi connectivity index (χ4v) is 1.75. The minimum atomic E-state index is -0.522. The predicted octanol–water partition coefficient (Wildman–Crippen LogP) is 2.65. The Labute approximate surface area is 134 Å². The van der Waals surface area contributed by atoms with Gasteiger partial charge < -0.3 is 9.15 Å². The molecule has 1 aromatic carbocycles. The van der Waals surface area contributed by atoms with Crippen LogP contribution in [0.4, 0.5) is 6.01 Å². The Bertz CT molecular complexity index is 652. The maximum atomic E-state index is 11.7. The summed E-state index contributed by atoms with van der Waals surface area (Å²) in [5.74, 6) is -0.212. The smallest absolute Gasteiger partial charge is 0.322 e. The highest BCUT2D eigenvalue weighted by Gasteiger charge is 2.13. The zero-order chi connectivity index (χ0) is 16.7. The van der Waals surface area contributed by atoms with Crippen LogP contribution in [0.15, 0.2) is 34.7 Å². The van der Waals surface area contributed by atoms with Gasteiger partial charge >= 0.3 is 12.0 Å². The number of rotatable bonds is 7. The molecule has 0 saturated heterocycles. The van der Waals surface area contributed by atoms with E-state index in [0.29, 0.717) is 18.2 Å². The van der Waals surface area contributed by atoms with E-state index < -0.39 is 11.9 Å². The van der Waals surface area contributed by atoms with E-state index >= 15 is 0 Å². The first-order valence-corrected chi connectivity index (χ1v) is 7.39. The van der Waals surface area contributed by atoms with E-state index in [-0.39, 0.29) is 12.6 Å². The molecule has 2 rings (SSSR count). The lowest BCUT2D eigenvalue weighted by Crippen LogP contribution is -2.21. The third-order valence-corrected chi connectivity index (χ3v) is 2.98. The number of ether oxygens (including phenoxy) is 1. The molecule has 1 N–H and O–H groups in total. The van der Waals surface area contributed by atoms with Gasteiger partial charge in [0.2, 0.25) is 5.89 Å². The lowest BCUT2D eigenvalue weighted by Gasteiger charge is -2.05. The molecule has 7 nitrogen and oxygen atoms in total. The largest absolute Gasteiger partial charge is 0.456 e. The number of hydrogen-bond donors (Lipinski definition) is 1. The molecule has 0 atom stereocenters. The molecule has 0 saturated carbocycles. The number of esters is 1. The van der Waals surface area contributed by atoms with Crippen LogP contribution in [-0.4, -0.2) is 28.7 Å². The van der Waals surface area contributed by atoms with Crippen molar-refractivity contribution in [1.29, 1.82) is 0 Å². The van der Waals surface area contributed by atoms with Gasteiger partial charge in [-0.15, -0.1) is 5.10 Å². The second-order valence-corrected chi connectivity index (χ2v) is 5.42. The van der Waals surface area contributed by atoms with Crippen LogP contribution in [0.3, 0.4) is 0 Å². The predicted molar refractivity (Wildman–Crippen MR) is 83.4 cm³/mol. The molecule has 0 aliphatic carbocycles. The zero-order valence-corrected chi connectivity index (χ0v) is 13.1. The van der Waals surface area contributed by atoms with E-state index in [9.17, 15) is 9.59 Å². The molecule has 2 aromatic rings. The summed E-state index contributed by atoms with van der Waals surface area (Å²) in [7, 11) is 0. The van der Waals surface area contributed by atoms with Crippen LogP contribution in [0.5, 0.6) is 0 Å². The molecule has 0 spiro atoms. The van der Waals surface area contributed by atoms with E-state index in [4.69, 9.17) is 9.15 Å². The number of nitrogens with one attached hydrogen (secondary N) is 1. The minimum absolute atomic E-state index is 0.0351. The molecule has 1 amide bonds. The fraction of sp³-hybridized carbons (Fsp3) is 0.375. The third kappa shape index (κ3) is 5.54. The van der Waals surface area contributed by atoms with E-state index in [1.54, 1.807) is 0 Å². The third-order valence-electron chi connectivity index (χ3n) is 2.98. The van der Waals surface area contributed by atoms with Crippen LogP contribution in [0, 0.1) is 5.92 Å². The Hall–Kier alpha value is -2.70. The molecule has 0 aliphatic rings. The van der Waals surface area contributed by atoms with Crippen molar-refractivity contribution in [3.8, 4) is 11.5 Å². The van der Waals surface area contributed by atoms with Crippen molar-refractivity contribution in [2.45, 2.75) is 26.7 Å². The van der Waals surface area contributed by atoms with Crippen LogP contribution in [-0.2, 0) is 14.3 Å². The van der Waals surface area contributed by atoms with E-state index in [1.165, 1.54) is 0 Å².